The van der Waals surface area contributed by atoms with Crippen molar-refractivity contribution in [2.45, 2.75) is 6.92 Å². The zero-order chi connectivity index (χ0) is 37.9. The molecule has 0 aliphatic heterocycles. The van der Waals surface area contributed by atoms with Crippen molar-refractivity contribution in [1.82, 2.24) is 19.1 Å². The van der Waals surface area contributed by atoms with E-state index in [4.69, 9.17) is 9.97 Å². The molecule has 0 saturated carbocycles. The van der Waals surface area contributed by atoms with E-state index in [0.717, 1.165) is 27.9 Å². The van der Waals surface area contributed by atoms with Crippen LogP contribution >= 0.6 is 0 Å². The van der Waals surface area contributed by atoms with E-state index in [-0.39, 0.29) is 0 Å². The predicted octanol–water partition coefficient (Wildman–Crippen LogP) is 13.6. The minimum absolute atomic E-state index is 0.648. The second-order valence-electron chi connectivity index (χ2n) is 14.8. The van der Waals surface area contributed by atoms with E-state index in [1.165, 1.54) is 71.6 Å². The topological polar surface area (TPSA) is 35.6 Å². The Morgan fingerprint density at radius 2 is 0.860 bits per heavy atom. The van der Waals surface area contributed by atoms with Gasteiger partial charge < -0.3 is 4.57 Å². The van der Waals surface area contributed by atoms with Crippen LogP contribution in [0.4, 0.5) is 0 Å². The minimum atomic E-state index is 0.648. The number of aryl methyl sites for hydroxylation is 1. The van der Waals surface area contributed by atoms with Crippen LogP contribution in [0.25, 0.3) is 99.9 Å². The van der Waals surface area contributed by atoms with Crippen molar-refractivity contribution in [3.05, 3.63) is 206 Å². The molecule has 0 amide bonds. The summed E-state index contributed by atoms with van der Waals surface area (Å²) in [6.45, 7) is 2.15. The van der Waals surface area contributed by atoms with E-state index in [0.29, 0.717) is 5.95 Å². The fourth-order valence-electron chi connectivity index (χ4n) is 8.53. The molecule has 11 aromatic rings. The van der Waals surface area contributed by atoms with Crippen molar-refractivity contribution in [1.29, 1.82) is 0 Å². The molecule has 0 saturated heterocycles. The third-order valence-corrected chi connectivity index (χ3v) is 11.3. The minimum Gasteiger partial charge on any atom is -0.309 e. The van der Waals surface area contributed by atoms with Crippen LogP contribution in [-0.4, -0.2) is 19.1 Å². The largest absolute Gasteiger partial charge is 0.309 e. The summed E-state index contributed by atoms with van der Waals surface area (Å²) in [7, 11) is 0. The Morgan fingerprint density at radius 1 is 0.351 bits per heavy atom. The summed E-state index contributed by atoms with van der Waals surface area (Å²) in [4.78, 5) is 10.1. The van der Waals surface area contributed by atoms with Gasteiger partial charge in [0.25, 0.3) is 0 Å². The molecule has 0 bridgehead atoms. The normalized spacial score (nSPS) is 11.6. The third kappa shape index (κ3) is 5.61. The Labute approximate surface area is 330 Å². The predicted molar refractivity (Wildman–Crippen MR) is 237 cm³/mol. The number of benzene rings is 8. The van der Waals surface area contributed by atoms with Crippen LogP contribution in [0, 0.1) is 6.92 Å². The number of para-hydroxylation sites is 2. The fourth-order valence-corrected chi connectivity index (χ4v) is 8.53. The number of hydrogen-bond donors (Lipinski definition) is 0. The van der Waals surface area contributed by atoms with Gasteiger partial charge in [-0.15, -0.1) is 0 Å². The zero-order valence-electron chi connectivity index (χ0n) is 31.3. The smallest absolute Gasteiger partial charge is 0.235 e. The van der Waals surface area contributed by atoms with E-state index in [9.17, 15) is 0 Å². The number of aromatic nitrogens is 4. The Morgan fingerprint density at radius 3 is 1.56 bits per heavy atom. The van der Waals surface area contributed by atoms with Crippen molar-refractivity contribution < 1.29 is 0 Å². The number of fused-ring (bicyclic) bond motifs is 6. The molecule has 268 valence electrons. The molecule has 0 unspecified atom stereocenters. The van der Waals surface area contributed by atoms with Crippen LogP contribution in [0.1, 0.15) is 5.56 Å². The van der Waals surface area contributed by atoms with Crippen molar-refractivity contribution in [2.75, 3.05) is 0 Å². The van der Waals surface area contributed by atoms with E-state index in [1.807, 2.05) is 12.3 Å². The summed E-state index contributed by atoms with van der Waals surface area (Å²) in [6.07, 6.45) is 1.87. The third-order valence-electron chi connectivity index (χ3n) is 11.3. The van der Waals surface area contributed by atoms with Gasteiger partial charge in [-0.1, -0.05) is 133 Å². The van der Waals surface area contributed by atoms with E-state index in [2.05, 4.69) is 204 Å². The van der Waals surface area contributed by atoms with Crippen LogP contribution < -0.4 is 0 Å². The number of rotatable bonds is 6. The molecule has 0 fully saturated rings. The first kappa shape index (κ1) is 32.8. The molecule has 4 heteroatoms. The van der Waals surface area contributed by atoms with Gasteiger partial charge in [-0.05, 0) is 107 Å². The van der Waals surface area contributed by atoms with E-state index >= 15 is 0 Å². The summed E-state index contributed by atoms with van der Waals surface area (Å²) in [5.41, 5.74) is 16.0. The van der Waals surface area contributed by atoms with Gasteiger partial charge in [-0.25, -0.2) is 9.97 Å². The molecule has 0 aliphatic rings. The fraction of sp³-hybridized carbons (Fsp3) is 0.0189. The lowest BCUT2D eigenvalue weighted by molar-refractivity contribution is 0.992. The van der Waals surface area contributed by atoms with Crippen LogP contribution in [0.2, 0.25) is 0 Å². The molecule has 57 heavy (non-hydrogen) atoms. The molecule has 0 N–H and O–H groups in total. The van der Waals surface area contributed by atoms with Crippen LogP contribution in [0.15, 0.2) is 200 Å². The van der Waals surface area contributed by atoms with Crippen molar-refractivity contribution >= 4 is 43.6 Å². The van der Waals surface area contributed by atoms with Crippen LogP contribution in [-0.2, 0) is 0 Å². The lowest BCUT2D eigenvalue weighted by Crippen LogP contribution is -2.01. The average Bonchev–Trinajstić information content (AvgIpc) is 3.79. The summed E-state index contributed by atoms with van der Waals surface area (Å²) in [5.74, 6) is 0.648. The molecule has 0 atom stereocenters. The monoisotopic (exact) mass is 728 g/mol. The molecular weight excluding hydrogens is 693 g/mol. The molecule has 0 spiro atoms. The summed E-state index contributed by atoms with van der Waals surface area (Å²) in [6, 6.07) is 69.6. The average molecular weight is 729 g/mol. The van der Waals surface area contributed by atoms with Gasteiger partial charge >= 0.3 is 0 Å². The Kier molecular flexibility index (Phi) is 7.68. The van der Waals surface area contributed by atoms with Crippen LogP contribution in [0.3, 0.4) is 0 Å². The van der Waals surface area contributed by atoms with Gasteiger partial charge in [0.2, 0.25) is 5.95 Å². The Bertz CT molecular complexity index is 3300. The lowest BCUT2D eigenvalue weighted by Gasteiger charge is -2.10. The quantitative estimate of drug-likeness (QED) is 0.171. The van der Waals surface area contributed by atoms with Crippen LogP contribution in [0.5, 0.6) is 0 Å². The molecule has 0 radical (unpaired) electrons. The molecular formula is C53H36N4. The second kappa shape index (κ2) is 13.3. The van der Waals surface area contributed by atoms with Gasteiger partial charge in [-0.3, -0.25) is 4.57 Å². The first-order valence-electron chi connectivity index (χ1n) is 19.4. The maximum absolute atomic E-state index is 5.20. The summed E-state index contributed by atoms with van der Waals surface area (Å²) in [5, 5.41) is 4.82. The maximum atomic E-state index is 5.20. The highest BCUT2D eigenvalue weighted by molar-refractivity contribution is 6.12. The Balaban J connectivity index is 0.983. The van der Waals surface area contributed by atoms with Gasteiger partial charge in [0.15, 0.2) is 0 Å². The standard InChI is InChI=1S/C53H36N4/c1-35-11-9-16-43(31-35)56-49-19-7-5-17-44(49)46-33-40(25-27-51(46)56)41-26-28-52-47(34-41)45-18-6-8-20-50(45)57(52)53-54-30-29-48(55-53)42-15-10-14-39(32-42)38-23-21-37(22-24-38)36-12-3-2-4-13-36/h2-34H,1H3. The van der Waals surface area contributed by atoms with Gasteiger partial charge in [-0.2, -0.15) is 0 Å². The van der Waals surface area contributed by atoms with Crippen molar-refractivity contribution in [2.24, 2.45) is 0 Å². The summed E-state index contributed by atoms with van der Waals surface area (Å²) >= 11 is 0. The van der Waals surface area contributed by atoms with E-state index < -0.39 is 0 Å². The highest BCUT2D eigenvalue weighted by atomic mass is 15.2. The second-order valence-corrected chi connectivity index (χ2v) is 14.8. The van der Waals surface area contributed by atoms with Gasteiger partial charge in [0, 0.05) is 39.0 Å². The number of nitrogens with zero attached hydrogens (tertiary/aromatic N) is 4. The first-order valence-corrected chi connectivity index (χ1v) is 19.4. The van der Waals surface area contributed by atoms with Gasteiger partial charge in [0.05, 0.1) is 27.8 Å². The highest BCUT2D eigenvalue weighted by Crippen LogP contribution is 2.38. The van der Waals surface area contributed by atoms with Gasteiger partial charge in [0.1, 0.15) is 0 Å². The summed E-state index contributed by atoms with van der Waals surface area (Å²) < 4.78 is 4.58. The molecule has 3 aromatic heterocycles. The maximum Gasteiger partial charge on any atom is 0.235 e. The molecule has 4 nitrogen and oxygen atoms in total. The first-order chi connectivity index (χ1) is 28.2. The molecule has 3 heterocycles. The van der Waals surface area contributed by atoms with Crippen molar-refractivity contribution in [3.63, 3.8) is 0 Å². The zero-order valence-corrected chi connectivity index (χ0v) is 31.3. The number of hydrogen-bond acceptors (Lipinski definition) is 2. The lowest BCUT2D eigenvalue weighted by atomic mass is 9.98. The SMILES string of the molecule is Cc1cccc(-n2c3ccccc3c3cc(-c4ccc5c(c4)c4ccccc4n5-c4nccc(-c5cccc(-c6ccc(-c7ccccc7)cc6)c5)n4)ccc32)c1. The molecule has 11 rings (SSSR count). The van der Waals surface area contributed by atoms with E-state index in [1.54, 1.807) is 0 Å². The van der Waals surface area contributed by atoms with Crippen molar-refractivity contribution in [3.8, 4) is 56.3 Å². The highest BCUT2D eigenvalue weighted by Gasteiger charge is 2.17. The molecule has 8 aromatic carbocycles. The Hall–Kier alpha value is -7.56. The molecule has 0 aliphatic carbocycles.